The van der Waals surface area contributed by atoms with E-state index in [1.807, 2.05) is 0 Å². The number of carboxylic acids is 2. The van der Waals surface area contributed by atoms with Crippen molar-refractivity contribution in [3.8, 4) is 5.75 Å². The number of aliphatic carboxylic acids is 2. The molecule has 0 saturated carbocycles. The molecule has 0 spiro atoms. The van der Waals surface area contributed by atoms with Gasteiger partial charge in [0.15, 0.2) is 5.11 Å². The van der Waals surface area contributed by atoms with Crippen LogP contribution in [0.25, 0.3) is 0 Å². The molecule has 7 nitrogen and oxygen atoms in total. The fourth-order valence-corrected chi connectivity index (χ4v) is 2.03. The average Bonchev–Trinajstić information content (AvgIpc) is 2.46. The number of anilines is 1. The number of hydrogen-bond donors (Lipinski definition) is 4. The number of carboxylic acid groups (broad SMARTS) is 2. The first-order chi connectivity index (χ1) is 10.4. The van der Waals surface area contributed by atoms with Crippen molar-refractivity contribution in [2.45, 2.75) is 25.3 Å². The highest BCUT2D eigenvalue weighted by molar-refractivity contribution is 7.80. The topological polar surface area (TPSA) is 108 Å². The van der Waals surface area contributed by atoms with Crippen molar-refractivity contribution in [3.63, 3.8) is 0 Å². The Labute approximate surface area is 133 Å². The van der Waals surface area contributed by atoms with E-state index in [0.29, 0.717) is 11.4 Å². The van der Waals surface area contributed by atoms with Gasteiger partial charge in [0.25, 0.3) is 0 Å². The van der Waals surface area contributed by atoms with Crippen LogP contribution in [0.5, 0.6) is 5.75 Å². The highest BCUT2D eigenvalue weighted by Crippen LogP contribution is 2.22. The fourth-order valence-electron chi connectivity index (χ4n) is 1.78. The number of hydrogen-bond acceptors (Lipinski definition) is 4. The third-order valence-corrected chi connectivity index (χ3v) is 3.06. The zero-order valence-corrected chi connectivity index (χ0v) is 12.9. The minimum absolute atomic E-state index is 0.0852. The van der Waals surface area contributed by atoms with E-state index >= 15 is 0 Å². The average molecular weight is 326 g/mol. The summed E-state index contributed by atoms with van der Waals surface area (Å²) in [5.41, 5.74) is 0.608. The van der Waals surface area contributed by atoms with E-state index in [9.17, 15) is 9.59 Å². The lowest BCUT2D eigenvalue weighted by atomic mass is 10.1. The summed E-state index contributed by atoms with van der Waals surface area (Å²) in [4.78, 5) is 21.6. The second kappa shape index (κ2) is 8.83. The maximum absolute atomic E-state index is 11.2. The Kier molecular flexibility index (Phi) is 7.11. The van der Waals surface area contributed by atoms with Crippen molar-refractivity contribution in [2.24, 2.45) is 0 Å². The van der Waals surface area contributed by atoms with E-state index < -0.39 is 18.0 Å². The quantitative estimate of drug-likeness (QED) is 0.535. The number of nitrogens with one attached hydrogen (secondary N) is 2. The van der Waals surface area contributed by atoms with Crippen molar-refractivity contribution < 1.29 is 24.5 Å². The van der Waals surface area contributed by atoms with Gasteiger partial charge in [-0.2, -0.15) is 0 Å². The number of carbonyl (C=O) groups is 2. The van der Waals surface area contributed by atoms with E-state index in [1.165, 1.54) is 7.11 Å². The Bertz CT molecular complexity index is 550. The minimum Gasteiger partial charge on any atom is -0.495 e. The van der Waals surface area contributed by atoms with Crippen LogP contribution in [-0.2, 0) is 9.59 Å². The lowest BCUT2D eigenvalue weighted by molar-refractivity contribution is -0.140. The van der Waals surface area contributed by atoms with Crippen LogP contribution in [0.15, 0.2) is 24.3 Å². The van der Waals surface area contributed by atoms with Gasteiger partial charge in [0.1, 0.15) is 11.8 Å². The zero-order valence-electron chi connectivity index (χ0n) is 12.0. The summed E-state index contributed by atoms with van der Waals surface area (Å²) in [5, 5.41) is 23.4. The van der Waals surface area contributed by atoms with Gasteiger partial charge in [-0.25, -0.2) is 4.79 Å². The van der Waals surface area contributed by atoms with Crippen LogP contribution in [0.4, 0.5) is 5.69 Å². The van der Waals surface area contributed by atoms with E-state index in [1.54, 1.807) is 24.3 Å². The molecule has 1 atom stereocenters. The second-order valence-corrected chi connectivity index (χ2v) is 4.88. The Balaban J connectivity index is 2.59. The van der Waals surface area contributed by atoms with Crippen LogP contribution >= 0.6 is 12.2 Å². The normalized spacial score (nSPS) is 11.3. The van der Waals surface area contributed by atoms with Gasteiger partial charge < -0.3 is 25.6 Å². The Morgan fingerprint density at radius 1 is 1.32 bits per heavy atom. The minimum atomic E-state index is -1.09. The van der Waals surface area contributed by atoms with Gasteiger partial charge in [-0.1, -0.05) is 12.1 Å². The number of para-hydroxylation sites is 2. The summed E-state index contributed by atoms with van der Waals surface area (Å²) in [6.07, 6.45) is 0.324. The van der Waals surface area contributed by atoms with Gasteiger partial charge >= 0.3 is 11.9 Å². The molecule has 0 aliphatic heterocycles. The number of methoxy groups -OCH3 is 1. The summed E-state index contributed by atoms with van der Waals surface area (Å²) < 4.78 is 5.16. The Hall–Kier alpha value is -2.35. The molecule has 0 aliphatic carbocycles. The molecule has 0 aliphatic rings. The molecule has 0 heterocycles. The van der Waals surface area contributed by atoms with E-state index in [4.69, 9.17) is 27.2 Å². The van der Waals surface area contributed by atoms with Crippen molar-refractivity contribution in [1.82, 2.24) is 5.32 Å². The molecule has 8 heteroatoms. The third-order valence-electron chi connectivity index (χ3n) is 2.84. The number of thiocarbonyl (C=S) groups is 1. The zero-order chi connectivity index (χ0) is 16.5. The summed E-state index contributed by atoms with van der Waals surface area (Å²) in [6, 6.07) is 6.12. The largest absolute Gasteiger partial charge is 0.495 e. The number of ether oxygens (including phenoxy) is 1. The first kappa shape index (κ1) is 17.7. The number of benzene rings is 1. The summed E-state index contributed by atoms with van der Waals surface area (Å²) in [6.45, 7) is 0. The van der Waals surface area contributed by atoms with Gasteiger partial charge in [0.05, 0.1) is 12.8 Å². The third kappa shape index (κ3) is 5.96. The fraction of sp³-hybridized carbons (Fsp3) is 0.357. The predicted molar refractivity (Wildman–Crippen MR) is 85.3 cm³/mol. The summed E-state index contributed by atoms with van der Waals surface area (Å²) in [7, 11) is 1.52. The van der Waals surface area contributed by atoms with Crippen LogP contribution in [-0.4, -0.2) is 40.4 Å². The van der Waals surface area contributed by atoms with Gasteiger partial charge in [-0.15, -0.1) is 0 Å². The molecule has 0 radical (unpaired) electrons. The Morgan fingerprint density at radius 2 is 2.00 bits per heavy atom. The highest BCUT2D eigenvalue weighted by atomic mass is 32.1. The molecule has 120 valence electrons. The molecule has 0 aromatic heterocycles. The molecule has 0 saturated heterocycles. The molecule has 0 amide bonds. The van der Waals surface area contributed by atoms with Crippen molar-refractivity contribution in [1.29, 1.82) is 0 Å². The van der Waals surface area contributed by atoms with Crippen LogP contribution in [0, 0.1) is 0 Å². The first-order valence-corrected chi connectivity index (χ1v) is 7.00. The maximum Gasteiger partial charge on any atom is 0.326 e. The molecule has 1 rings (SSSR count). The van der Waals surface area contributed by atoms with Crippen LogP contribution in [0.2, 0.25) is 0 Å². The molecule has 4 N–H and O–H groups in total. The highest BCUT2D eigenvalue weighted by Gasteiger charge is 2.18. The van der Waals surface area contributed by atoms with Gasteiger partial charge in [-0.3, -0.25) is 4.79 Å². The second-order valence-electron chi connectivity index (χ2n) is 4.48. The Morgan fingerprint density at radius 3 is 2.59 bits per heavy atom. The van der Waals surface area contributed by atoms with Gasteiger partial charge in [0, 0.05) is 6.42 Å². The van der Waals surface area contributed by atoms with E-state index in [2.05, 4.69) is 10.6 Å². The lowest BCUT2D eigenvalue weighted by Crippen LogP contribution is -2.42. The molecule has 0 bridgehead atoms. The molecule has 0 fully saturated rings. The molecule has 1 aromatic rings. The van der Waals surface area contributed by atoms with Crippen LogP contribution in [0.3, 0.4) is 0 Å². The first-order valence-electron chi connectivity index (χ1n) is 6.59. The van der Waals surface area contributed by atoms with Crippen LogP contribution < -0.4 is 15.4 Å². The molecule has 22 heavy (non-hydrogen) atoms. The number of rotatable bonds is 8. The van der Waals surface area contributed by atoms with Gasteiger partial charge in [0.2, 0.25) is 0 Å². The molecular formula is C14H18N2O5S. The smallest absolute Gasteiger partial charge is 0.326 e. The predicted octanol–water partition coefficient (Wildman–Crippen LogP) is 1.69. The molecule has 1 unspecified atom stereocenters. The summed E-state index contributed by atoms with van der Waals surface area (Å²) >= 11 is 5.08. The van der Waals surface area contributed by atoms with Crippen LogP contribution in [0.1, 0.15) is 19.3 Å². The monoisotopic (exact) mass is 326 g/mol. The molecule has 1 aromatic carbocycles. The standard InChI is InChI=1S/C14H18N2O5S/c1-21-11-7-3-2-5-9(11)15-14(22)16-10(13(19)20)6-4-8-12(17)18/h2-3,5,7,10H,4,6,8H2,1H3,(H,17,18)(H,19,20)(H2,15,16,22). The molecular weight excluding hydrogens is 308 g/mol. The van der Waals surface area contributed by atoms with E-state index in [0.717, 1.165) is 0 Å². The van der Waals surface area contributed by atoms with Crippen molar-refractivity contribution in [2.75, 3.05) is 12.4 Å². The van der Waals surface area contributed by atoms with E-state index in [-0.39, 0.29) is 24.4 Å². The van der Waals surface area contributed by atoms with Crippen molar-refractivity contribution in [3.05, 3.63) is 24.3 Å². The lowest BCUT2D eigenvalue weighted by Gasteiger charge is -2.18. The SMILES string of the molecule is COc1ccccc1NC(=S)NC(CCCC(=O)O)C(=O)O. The summed E-state index contributed by atoms with van der Waals surface area (Å²) in [5.74, 6) is -1.47. The maximum atomic E-state index is 11.2. The van der Waals surface area contributed by atoms with Gasteiger partial charge in [-0.05, 0) is 37.2 Å². The van der Waals surface area contributed by atoms with Crippen molar-refractivity contribution >= 4 is 35.0 Å².